The van der Waals surface area contributed by atoms with Crippen LogP contribution >= 0.6 is 0 Å². The maximum absolute atomic E-state index is 11.6. The first-order valence-corrected chi connectivity index (χ1v) is 6.69. The summed E-state index contributed by atoms with van der Waals surface area (Å²) in [6.07, 6.45) is 1.94. The molecule has 1 unspecified atom stereocenters. The number of aromatic amines is 1. The van der Waals surface area contributed by atoms with Gasteiger partial charge in [-0.15, -0.1) is 0 Å². The second kappa shape index (κ2) is 3.94. The van der Waals surface area contributed by atoms with Crippen LogP contribution in [0.1, 0.15) is 24.2 Å². The zero-order valence-corrected chi connectivity index (χ0v) is 9.13. The van der Waals surface area contributed by atoms with Crippen molar-refractivity contribution in [3.8, 4) is 0 Å². The van der Waals surface area contributed by atoms with Crippen LogP contribution in [-0.2, 0) is 22.9 Å². The van der Waals surface area contributed by atoms with Gasteiger partial charge in [-0.3, -0.25) is 5.10 Å². The first-order chi connectivity index (χ1) is 7.12. The van der Waals surface area contributed by atoms with Gasteiger partial charge in [-0.25, -0.2) is 8.42 Å². The van der Waals surface area contributed by atoms with Crippen LogP contribution in [0, 0.1) is 0 Å². The molecule has 0 aliphatic carbocycles. The van der Waals surface area contributed by atoms with E-state index in [1.807, 2.05) is 0 Å². The Kier molecular flexibility index (Phi) is 2.79. The highest BCUT2D eigenvalue weighted by molar-refractivity contribution is 7.92. The Bertz CT molecular complexity index is 438. The predicted molar refractivity (Wildman–Crippen MR) is 55.0 cm³/mol. The Morgan fingerprint density at radius 1 is 1.60 bits per heavy atom. The molecule has 5 nitrogen and oxygen atoms in total. The van der Waals surface area contributed by atoms with Crippen LogP contribution in [0.4, 0.5) is 0 Å². The summed E-state index contributed by atoms with van der Waals surface area (Å²) in [6.45, 7) is -0.0928. The van der Waals surface area contributed by atoms with Crippen LogP contribution in [0.5, 0.6) is 0 Å². The lowest BCUT2D eigenvalue weighted by Crippen LogP contribution is -2.18. The van der Waals surface area contributed by atoms with E-state index in [2.05, 4.69) is 10.2 Å². The van der Waals surface area contributed by atoms with E-state index in [1.165, 1.54) is 0 Å². The van der Waals surface area contributed by atoms with Crippen molar-refractivity contribution in [1.82, 2.24) is 10.2 Å². The summed E-state index contributed by atoms with van der Waals surface area (Å²) < 4.78 is 23.1. The van der Waals surface area contributed by atoms with Crippen LogP contribution in [0.15, 0.2) is 6.07 Å². The summed E-state index contributed by atoms with van der Waals surface area (Å²) >= 11 is 0. The number of nitrogens with zero attached hydrogens (tertiary/aromatic N) is 1. The minimum Gasteiger partial charge on any atom is -0.390 e. The number of aromatic nitrogens is 2. The molecule has 2 N–H and O–H groups in total. The number of aliphatic hydroxyl groups is 1. The standard InChI is InChI=1S/C9H14N2O3S/c12-6-8-4-7(10-11-8)5-9-2-1-3-15(9,13)14/h4,9,12H,1-3,5-6H2,(H,10,11). The molecular weight excluding hydrogens is 216 g/mol. The van der Waals surface area contributed by atoms with Gasteiger partial charge in [-0.2, -0.15) is 5.10 Å². The molecular formula is C9H14N2O3S. The van der Waals surface area contributed by atoms with Crippen molar-refractivity contribution < 1.29 is 13.5 Å². The Labute approximate surface area is 88.4 Å². The molecule has 0 radical (unpaired) electrons. The summed E-state index contributed by atoms with van der Waals surface area (Å²) in [6, 6.07) is 1.72. The molecule has 0 saturated carbocycles. The van der Waals surface area contributed by atoms with Crippen molar-refractivity contribution in [3.63, 3.8) is 0 Å². The molecule has 1 aliphatic heterocycles. The van der Waals surface area contributed by atoms with Crippen LogP contribution < -0.4 is 0 Å². The normalized spacial score (nSPS) is 24.5. The molecule has 2 rings (SSSR count). The van der Waals surface area contributed by atoms with Crippen molar-refractivity contribution in [2.24, 2.45) is 0 Å². The number of H-pyrrole nitrogens is 1. The zero-order chi connectivity index (χ0) is 10.9. The molecule has 15 heavy (non-hydrogen) atoms. The van der Waals surface area contributed by atoms with E-state index in [4.69, 9.17) is 5.11 Å². The second-order valence-corrected chi connectivity index (χ2v) is 6.28. The average molecular weight is 230 g/mol. The summed E-state index contributed by atoms with van der Waals surface area (Å²) in [5, 5.41) is 15.2. The number of hydrogen-bond acceptors (Lipinski definition) is 4. The fourth-order valence-corrected chi connectivity index (χ4v) is 3.77. The second-order valence-electron chi connectivity index (χ2n) is 3.88. The van der Waals surface area contributed by atoms with E-state index in [0.717, 1.165) is 18.5 Å². The van der Waals surface area contributed by atoms with Gasteiger partial charge in [0.1, 0.15) is 0 Å². The number of aliphatic hydroxyl groups excluding tert-OH is 1. The molecule has 2 heterocycles. The van der Waals surface area contributed by atoms with E-state index in [9.17, 15) is 8.42 Å². The van der Waals surface area contributed by atoms with E-state index >= 15 is 0 Å². The molecule has 1 atom stereocenters. The largest absolute Gasteiger partial charge is 0.390 e. The Balaban J connectivity index is 2.09. The molecule has 84 valence electrons. The van der Waals surface area contributed by atoms with E-state index in [0.29, 0.717) is 17.9 Å². The number of rotatable bonds is 3. The zero-order valence-electron chi connectivity index (χ0n) is 8.31. The summed E-state index contributed by atoms with van der Waals surface area (Å²) in [7, 11) is -2.90. The third-order valence-electron chi connectivity index (χ3n) is 2.75. The van der Waals surface area contributed by atoms with Crippen LogP contribution in [0.25, 0.3) is 0 Å². The van der Waals surface area contributed by atoms with Crippen molar-refractivity contribution in [1.29, 1.82) is 0 Å². The molecule has 1 aliphatic rings. The lowest BCUT2D eigenvalue weighted by atomic mass is 10.1. The summed E-state index contributed by atoms with van der Waals surface area (Å²) in [5.74, 6) is 0.301. The van der Waals surface area contributed by atoms with Crippen molar-refractivity contribution >= 4 is 9.84 Å². The van der Waals surface area contributed by atoms with Crippen molar-refractivity contribution in [3.05, 3.63) is 17.5 Å². The molecule has 0 spiro atoms. The van der Waals surface area contributed by atoms with Gasteiger partial charge in [0.2, 0.25) is 0 Å². The number of nitrogens with one attached hydrogen (secondary N) is 1. The summed E-state index contributed by atoms with van der Waals surface area (Å²) in [5.41, 5.74) is 1.34. The fraction of sp³-hybridized carbons (Fsp3) is 0.667. The monoisotopic (exact) mass is 230 g/mol. The van der Waals surface area contributed by atoms with Crippen LogP contribution in [0.2, 0.25) is 0 Å². The predicted octanol–water partition coefficient (Wildman–Crippen LogP) is 0.0217. The third kappa shape index (κ3) is 2.21. The molecule has 0 aromatic carbocycles. The molecule has 1 aromatic heterocycles. The number of sulfone groups is 1. The smallest absolute Gasteiger partial charge is 0.153 e. The van der Waals surface area contributed by atoms with Crippen LogP contribution in [0.3, 0.4) is 0 Å². The van der Waals surface area contributed by atoms with Gasteiger partial charge < -0.3 is 5.11 Å². The van der Waals surface area contributed by atoms with Gasteiger partial charge in [0.15, 0.2) is 9.84 Å². The number of hydrogen-bond donors (Lipinski definition) is 2. The SMILES string of the molecule is O=S1(=O)CCCC1Cc1cc(CO)[nH]n1. The summed E-state index contributed by atoms with van der Waals surface area (Å²) in [4.78, 5) is 0. The van der Waals surface area contributed by atoms with E-state index < -0.39 is 9.84 Å². The molecule has 0 amide bonds. The highest BCUT2D eigenvalue weighted by atomic mass is 32.2. The van der Waals surface area contributed by atoms with Gasteiger partial charge in [-0.05, 0) is 18.9 Å². The maximum atomic E-state index is 11.6. The molecule has 0 bridgehead atoms. The first-order valence-electron chi connectivity index (χ1n) is 4.97. The molecule has 1 aromatic rings. The van der Waals surface area contributed by atoms with Crippen molar-refractivity contribution in [2.75, 3.05) is 5.75 Å². The Morgan fingerprint density at radius 2 is 2.40 bits per heavy atom. The first kappa shape index (κ1) is 10.6. The van der Waals surface area contributed by atoms with Gasteiger partial charge in [-0.1, -0.05) is 0 Å². The quantitative estimate of drug-likeness (QED) is 0.767. The van der Waals surface area contributed by atoms with E-state index in [-0.39, 0.29) is 11.9 Å². The molecule has 1 fully saturated rings. The van der Waals surface area contributed by atoms with Crippen molar-refractivity contribution in [2.45, 2.75) is 31.1 Å². The highest BCUT2D eigenvalue weighted by Crippen LogP contribution is 2.23. The van der Waals surface area contributed by atoms with Gasteiger partial charge in [0.05, 0.1) is 29.0 Å². The third-order valence-corrected chi connectivity index (χ3v) is 5.03. The lowest BCUT2D eigenvalue weighted by Gasteiger charge is -2.05. The highest BCUT2D eigenvalue weighted by Gasteiger charge is 2.31. The molecule has 6 heteroatoms. The lowest BCUT2D eigenvalue weighted by molar-refractivity contribution is 0.276. The van der Waals surface area contributed by atoms with E-state index in [1.54, 1.807) is 6.07 Å². The minimum atomic E-state index is -2.90. The van der Waals surface area contributed by atoms with Gasteiger partial charge in [0, 0.05) is 6.42 Å². The van der Waals surface area contributed by atoms with Crippen LogP contribution in [-0.4, -0.2) is 34.7 Å². The Morgan fingerprint density at radius 3 is 2.93 bits per heavy atom. The topological polar surface area (TPSA) is 83.0 Å². The minimum absolute atomic E-state index is 0.0928. The van der Waals surface area contributed by atoms with Gasteiger partial charge in [0.25, 0.3) is 0 Å². The van der Waals surface area contributed by atoms with Gasteiger partial charge >= 0.3 is 0 Å². The fourth-order valence-electron chi connectivity index (χ4n) is 1.92. The Hall–Kier alpha value is -0.880. The maximum Gasteiger partial charge on any atom is 0.153 e. The molecule has 1 saturated heterocycles. The average Bonchev–Trinajstić information content (AvgIpc) is 2.75.